The van der Waals surface area contributed by atoms with Gasteiger partial charge in [0.05, 0.1) is 6.04 Å². The van der Waals surface area contributed by atoms with E-state index in [-0.39, 0.29) is 5.78 Å². The molecule has 1 aromatic rings. The fraction of sp³-hybridized carbons (Fsp3) is 0.500. The van der Waals surface area contributed by atoms with Crippen molar-refractivity contribution < 1.29 is 14.3 Å². The minimum absolute atomic E-state index is 0.0681. The molecule has 1 aromatic carbocycles. The number of Topliss-reactive ketones (excluding diaryl/α,β-unsaturated/α-hetero) is 1. The molecule has 0 aliphatic rings. The van der Waals surface area contributed by atoms with Gasteiger partial charge in [-0.1, -0.05) is 37.3 Å². The van der Waals surface area contributed by atoms with Gasteiger partial charge in [-0.05, 0) is 27.2 Å². The minimum Gasteiger partial charge on any atom is -0.444 e. The lowest BCUT2D eigenvalue weighted by Gasteiger charge is -2.29. The van der Waals surface area contributed by atoms with Crippen LogP contribution in [0.1, 0.15) is 44.5 Å². The molecule has 1 rings (SSSR count). The lowest BCUT2D eigenvalue weighted by Crippen LogP contribution is -2.44. The Hall–Kier alpha value is -1.84. The number of hydrogen-bond acceptors (Lipinski definition) is 3. The van der Waals surface area contributed by atoms with Crippen LogP contribution in [0, 0.1) is 0 Å². The van der Waals surface area contributed by atoms with Crippen molar-refractivity contribution in [2.45, 2.75) is 45.8 Å². The topological polar surface area (TPSA) is 46.6 Å². The van der Waals surface area contributed by atoms with Crippen molar-refractivity contribution in [3.63, 3.8) is 0 Å². The summed E-state index contributed by atoms with van der Waals surface area (Å²) in [6.45, 7) is 7.29. The summed E-state index contributed by atoms with van der Waals surface area (Å²) in [6, 6.07) is 8.49. The Morgan fingerprint density at radius 2 is 1.75 bits per heavy atom. The first-order valence-electron chi connectivity index (χ1n) is 6.81. The monoisotopic (exact) mass is 277 g/mol. The normalized spacial score (nSPS) is 12.7. The summed E-state index contributed by atoms with van der Waals surface area (Å²) in [4.78, 5) is 25.9. The zero-order chi connectivity index (χ0) is 15.3. The first-order chi connectivity index (χ1) is 9.26. The quantitative estimate of drug-likeness (QED) is 0.791. The lowest BCUT2D eigenvalue weighted by atomic mass is 10.0. The molecule has 0 saturated carbocycles. The third kappa shape index (κ3) is 4.37. The molecule has 0 fully saturated rings. The van der Waals surface area contributed by atoms with Crippen LogP contribution in [-0.2, 0) is 4.74 Å². The van der Waals surface area contributed by atoms with Crippen LogP contribution in [-0.4, -0.2) is 35.5 Å². The molecular weight excluding hydrogens is 254 g/mol. The number of carbonyl (C=O) groups excluding carboxylic acids is 2. The zero-order valence-electron chi connectivity index (χ0n) is 12.8. The number of carbonyl (C=O) groups is 2. The molecule has 0 aliphatic carbocycles. The van der Waals surface area contributed by atoms with E-state index in [1.54, 1.807) is 40.0 Å². The number of benzene rings is 1. The van der Waals surface area contributed by atoms with Crippen LogP contribution in [0.25, 0.3) is 0 Å². The maximum absolute atomic E-state index is 12.4. The molecule has 0 radical (unpaired) electrons. The van der Waals surface area contributed by atoms with Gasteiger partial charge in [0, 0.05) is 12.6 Å². The average Bonchev–Trinajstić information content (AvgIpc) is 2.38. The van der Waals surface area contributed by atoms with Gasteiger partial charge in [0.15, 0.2) is 5.78 Å². The van der Waals surface area contributed by atoms with Crippen molar-refractivity contribution in [1.29, 1.82) is 0 Å². The van der Waals surface area contributed by atoms with Crippen molar-refractivity contribution in [2.75, 3.05) is 7.05 Å². The van der Waals surface area contributed by atoms with Gasteiger partial charge in [0.25, 0.3) is 0 Å². The smallest absolute Gasteiger partial charge is 0.410 e. The van der Waals surface area contributed by atoms with Crippen molar-refractivity contribution in [1.82, 2.24) is 4.90 Å². The van der Waals surface area contributed by atoms with E-state index in [0.717, 1.165) is 0 Å². The highest BCUT2D eigenvalue weighted by molar-refractivity contribution is 6.01. The summed E-state index contributed by atoms with van der Waals surface area (Å²) >= 11 is 0. The number of hydrogen-bond donors (Lipinski definition) is 0. The molecule has 0 N–H and O–H groups in total. The van der Waals surface area contributed by atoms with E-state index >= 15 is 0 Å². The maximum Gasteiger partial charge on any atom is 0.410 e. The van der Waals surface area contributed by atoms with E-state index in [1.807, 2.05) is 25.1 Å². The van der Waals surface area contributed by atoms with Crippen LogP contribution in [0.4, 0.5) is 4.79 Å². The molecular formula is C16H23NO3. The predicted octanol–water partition coefficient (Wildman–Crippen LogP) is 3.51. The van der Waals surface area contributed by atoms with Gasteiger partial charge in [0.2, 0.25) is 0 Å². The molecule has 0 unspecified atom stereocenters. The fourth-order valence-corrected chi connectivity index (χ4v) is 1.89. The molecule has 1 amide bonds. The lowest BCUT2D eigenvalue weighted by molar-refractivity contribution is 0.0214. The Balaban J connectivity index is 2.85. The summed E-state index contributed by atoms with van der Waals surface area (Å²) in [7, 11) is 1.60. The van der Waals surface area contributed by atoms with Crippen molar-refractivity contribution in [3.05, 3.63) is 35.9 Å². The highest BCUT2D eigenvalue weighted by Crippen LogP contribution is 2.15. The van der Waals surface area contributed by atoms with E-state index in [4.69, 9.17) is 4.74 Å². The molecule has 4 heteroatoms. The SMILES string of the molecule is CC[C@H](C(=O)c1ccccc1)N(C)C(=O)OC(C)(C)C. The molecule has 4 nitrogen and oxygen atoms in total. The predicted molar refractivity (Wildman–Crippen MR) is 78.8 cm³/mol. The van der Waals surface area contributed by atoms with Crippen LogP contribution in [0.2, 0.25) is 0 Å². The van der Waals surface area contributed by atoms with Crippen molar-refractivity contribution in [3.8, 4) is 0 Å². The van der Waals surface area contributed by atoms with Gasteiger partial charge < -0.3 is 9.64 Å². The van der Waals surface area contributed by atoms with E-state index in [9.17, 15) is 9.59 Å². The fourth-order valence-electron chi connectivity index (χ4n) is 1.89. The molecule has 20 heavy (non-hydrogen) atoms. The largest absolute Gasteiger partial charge is 0.444 e. The first kappa shape index (κ1) is 16.2. The number of ketones is 1. The average molecular weight is 277 g/mol. The molecule has 0 bridgehead atoms. The zero-order valence-corrected chi connectivity index (χ0v) is 12.8. The second kappa shape index (κ2) is 6.55. The third-order valence-electron chi connectivity index (χ3n) is 2.90. The van der Waals surface area contributed by atoms with Crippen LogP contribution in [0.15, 0.2) is 30.3 Å². The maximum atomic E-state index is 12.4. The molecule has 1 atom stereocenters. The molecule has 0 aliphatic heterocycles. The number of rotatable bonds is 4. The Bertz CT molecular complexity index is 462. The Morgan fingerprint density at radius 1 is 1.20 bits per heavy atom. The van der Waals surface area contributed by atoms with E-state index in [0.29, 0.717) is 12.0 Å². The third-order valence-corrected chi connectivity index (χ3v) is 2.90. The highest BCUT2D eigenvalue weighted by atomic mass is 16.6. The summed E-state index contributed by atoms with van der Waals surface area (Å²) in [5, 5.41) is 0. The second-order valence-corrected chi connectivity index (χ2v) is 5.75. The van der Waals surface area contributed by atoms with E-state index in [1.165, 1.54) is 4.90 Å². The Morgan fingerprint density at radius 3 is 2.20 bits per heavy atom. The van der Waals surface area contributed by atoms with Gasteiger partial charge >= 0.3 is 6.09 Å². The summed E-state index contributed by atoms with van der Waals surface area (Å²) in [5.74, 6) is -0.0681. The van der Waals surface area contributed by atoms with E-state index < -0.39 is 17.7 Å². The first-order valence-corrected chi connectivity index (χ1v) is 6.81. The minimum atomic E-state index is -0.570. The van der Waals surface area contributed by atoms with E-state index in [2.05, 4.69) is 0 Å². The van der Waals surface area contributed by atoms with Crippen LogP contribution >= 0.6 is 0 Å². The highest BCUT2D eigenvalue weighted by Gasteiger charge is 2.29. The van der Waals surface area contributed by atoms with Gasteiger partial charge in [-0.15, -0.1) is 0 Å². The molecule has 0 spiro atoms. The molecule has 110 valence electrons. The molecule has 0 heterocycles. The molecule has 0 saturated heterocycles. The summed E-state index contributed by atoms with van der Waals surface area (Å²) in [6.07, 6.45) is 0.0670. The summed E-state index contributed by atoms with van der Waals surface area (Å²) < 4.78 is 5.30. The summed E-state index contributed by atoms with van der Waals surface area (Å²) in [5.41, 5.74) is 0.0362. The van der Waals surface area contributed by atoms with Gasteiger partial charge in [-0.25, -0.2) is 4.79 Å². The van der Waals surface area contributed by atoms with Crippen LogP contribution in [0.3, 0.4) is 0 Å². The molecule has 0 aromatic heterocycles. The number of likely N-dealkylation sites (N-methyl/N-ethyl adjacent to an activating group) is 1. The van der Waals surface area contributed by atoms with Gasteiger partial charge in [0.1, 0.15) is 5.60 Å². The Kier molecular flexibility index (Phi) is 5.31. The number of amides is 1. The second-order valence-electron chi connectivity index (χ2n) is 5.75. The van der Waals surface area contributed by atoms with Gasteiger partial charge in [-0.2, -0.15) is 0 Å². The standard InChI is InChI=1S/C16H23NO3/c1-6-13(14(18)12-10-8-7-9-11-12)17(5)15(19)20-16(2,3)4/h7-11,13H,6H2,1-5H3/t13-/m1/s1. The number of ether oxygens (including phenoxy) is 1. The van der Waals surface area contributed by atoms with Crippen molar-refractivity contribution in [2.24, 2.45) is 0 Å². The van der Waals surface area contributed by atoms with Crippen molar-refractivity contribution >= 4 is 11.9 Å². The Labute approximate surface area is 120 Å². The number of nitrogens with zero attached hydrogens (tertiary/aromatic N) is 1. The van der Waals surface area contributed by atoms with Crippen LogP contribution in [0.5, 0.6) is 0 Å². The van der Waals surface area contributed by atoms with Crippen LogP contribution < -0.4 is 0 Å². The van der Waals surface area contributed by atoms with Gasteiger partial charge in [-0.3, -0.25) is 4.79 Å².